The summed E-state index contributed by atoms with van der Waals surface area (Å²) < 4.78 is 10.9. The number of pyridine rings is 1. The normalized spacial score (nSPS) is 10.4. The number of benzene rings is 1. The fourth-order valence-corrected chi connectivity index (χ4v) is 2.86. The number of carbonyl (C=O) groups is 2. The maximum atomic E-state index is 12.1. The molecule has 0 unspecified atom stereocenters. The molecule has 0 aliphatic rings. The number of aromatic carboxylic acids is 2. The molecule has 1 heterocycles. The number of hydrogen-bond donors (Lipinski definition) is 4. The molecule has 2 aromatic rings. The second kappa shape index (κ2) is 8.49. The van der Waals surface area contributed by atoms with Crippen molar-refractivity contribution in [3.8, 4) is 22.6 Å². The average molecular weight is 409 g/mol. The van der Waals surface area contributed by atoms with Crippen LogP contribution in [0, 0.1) is 0 Å². The summed E-state index contributed by atoms with van der Waals surface area (Å²) in [6.45, 7) is 5.58. The topological polar surface area (TPSA) is 152 Å². The van der Waals surface area contributed by atoms with Crippen LogP contribution in [0.25, 0.3) is 11.1 Å². The minimum absolute atomic E-state index is 0.0204. The second-order valence-electron chi connectivity index (χ2n) is 5.42. The van der Waals surface area contributed by atoms with E-state index in [4.69, 9.17) is 26.8 Å². The van der Waals surface area contributed by atoms with Crippen LogP contribution in [0.5, 0.6) is 11.5 Å². The van der Waals surface area contributed by atoms with Gasteiger partial charge in [0.1, 0.15) is 23.6 Å². The summed E-state index contributed by atoms with van der Waals surface area (Å²) in [4.78, 5) is 37.5. The molecule has 5 N–H and O–H groups in total. The number of aromatic amines is 1. The van der Waals surface area contributed by atoms with E-state index in [1.165, 1.54) is 18.2 Å². The van der Waals surface area contributed by atoms with E-state index in [9.17, 15) is 24.6 Å². The number of nitrogens with two attached hydrogens (primary N) is 1. The van der Waals surface area contributed by atoms with Crippen LogP contribution in [0.1, 0.15) is 27.6 Å². The molecule has 10 heteroatoms. The van der Waals surface area contributed by atoms with Crippen molar-refractivity contribution in [3.63, 3.8) is 0 Å². The van der Waals surface area contributed by atoms with E-state index in [2.05, 4.69) is 6.58 Å². The van der Waals surface area contributed by atoms with Crippen molar-refractivity contribution in [2.24, 2.45) is 0 Å². The minimum atomic E-state index is -1.63. The Morgan fingerprint density at radius 1 is 1.25 bits per heavy atom. The van der Waals surface area contributed by atoms with E-state index in [1.54, 1.807) is 6.92 Å². The van der Waals surface area contributed by atoms with Crippen LogP contribution in [0.3, 0.4) is 0 Å². The number of carboxylic acids is 2. The molecule has 28 heavy (non-hydrogen) atoms. The van der Waals surface area contributed by atoms with Crippen molar-refractivity contribution in [1.29, 1.82) is 0 Å². The van der Waals surface area contributed by atoms with E-state index in [0.29, 0.717) is 0 Å². The molecule has 0 saturated carbocycles. The third kappa shape index (κ3) is 3.94. The number of nitrogens with one attached hydrogen (secondary N) is 1. The van der Waals surface area contributed by atoms with Crippen molar-refractivity contribution in [2.75, 3.05) is 18.9 Å². The number of aromatic nitrogens is 1. The first-order valence-electron chi connectivity index (χ1n) is 7.95. The predicted octanol–water partition coefficient (Wildman–Crippen LogP) is 2.64. The molecule has 9 nitrogen and oxygen atoms in total. The molecule has 0 bridgehead atoms. The zero-order chi connectivity index (χ0) is 21.0. The quantitative estimate of drug-likeness (QED) is 0.486. The van der Waals surface area contributed by atoms with Crippen molar-refractivity contribution in [1.82, 2.24) is 4.98 Å². The minimum Gasteiger partial charge on any atom is -0.490 e. The SMILES string of the molecule is C=CCOc1c(Cl)cc(-c2c(C(=O)O)c(N)[nH]c(=O)c2C(=O)O)cc1OCC. The lowest BCUT2D eigenvalue weighted by Crippen LogP contribution is -2.24. The number of nitrogen functional groups attached to an aromatic ring is 1. The van der Waals surface area contributed by atoms with Gasteiger partial charge in [-0.15, -0.1) is 0 Å². The summed E-state index contributed by atoms with van der Waals surface area (Å²) in [5, 5.41) is 19.0. The highest BCUT2D eigenvalue weighted by atomic mass is 35.5. The van der Waals surface area contributed by atoms with Crippen LogP contribution in [0.4, 0.5) is 5.82 Å². The molecule has 0 saturated heterocycles. The molecule has 0 radical (unpaired) electrons. The lowest BCUT2D eigenvalue weighted by atomic mass is 9.95. The van der Waals surface area contributed by atoms with Gasteiger partial charge >= 0.3 is 11.9 Å². The molecule has 0 amide bonds. The van der Waals surface area contributed by atoms with E-state index >= 15 is 0 Å². The monoisotopic (exact) mass is 408 g/mol. The molecule has 2 rings (SSSR count). The highest BCUT2D eigenvalue weighted by Gasteiger charge is 2.28. The van der Waals surface area contributed by atoms with Gasteiger partial charge in [-0.1, -0.05) is 24.3 Å². The molecule has 1 aromatic heterocycles. The summed E-state index contributed by atoms with van der Waals surface area (Å²) in [7, 11) is 0. The summed E-state index contributed by atoms with van der Waals surface area (Å²) >= 11 is 6.25. The van der Waals surface area contributed by atoms with Gasteiger partial charge in [0.05, 0.1) is 11.6 Å². The van der Waals surface area contributed by atoms with Crippen LogP contribution in [0.15, 0.2) is 29.6 Å². The molecular weight excluding hydrogens is 392 g/mol. The zero-order valence-corrected chi connectivity index (χ0v) is 15.5. The molecule has 0 atom stereocenters. The summed E-state index contributed by atoms with van der Waals surface area (Å²) in [5.41, 5.74) is 2.85. The molecule has 0 spiro atoms. The Kier molecular flexibility index (Phi) is 6.32. The molecule has 0 aliphatic heterocycles. The standard InChI is InChI=1S/C18H17ClN2O7/c1-3-5-28-14-9(19)6-8(7-10(14)27-4-2)11-12(17(23)24)15(20)21-16(22)13(11)18(25)26/h3,6-7H,1,4-5H2,2H3,(H,23,24)(H,25,26)(H3,20,21,22). The first-order valence-corrected chi connectivity index (χ1v) is 8.33. The van der Waals surface area contributed by atoms with Gasteiger partial charge in [0.2, 0.25) is 0 Å². The number of H-pyrrole nitrogens is 1. The molecule has 0 aliphatic carbocycles. The van der Waals surface area contributed by atoms with Gasteiger partial charge in [-0.2, -0.15) is 0 Å². The molecule has 1 aromatic carbocycles. The number of rotatable bonds is 8. The van der Waals surface area contributed by atoms with Gasteiger partial charge in [-0.3, -0.25) is 4.79 Å². The Labute approximate surface area is 164 Å². The van der Waals surface area contributed by atoms with Crippen LogP contribution < -0.4 is 20.8 Å². The van der Waals surface area contributed by atoms with E-state index in [-0.39, 0.29) is 40.9 Å². The van der Waals surface area contributed by atoms with Crippen LogP contribution in [-0.2, 0) is 0 Å². The smallest absolute Gasteiger partial charge is 0.342 e. The van der Waals surface area contributed by atoms with Crippen LogP contribution >= 0.6 is 11.6 Å². The Morgan fingerprint density at radius 3 is 2.43 bits per heavy atom. The Morgan fingerprint density at radius 2 is 1.89 bits per heavy atom. The zero-order valence-electron chi connectivity index (χ0n) is 14.7. The average Bonchev–Trinajstić information content (AvgIpc) is 2.59. The number of halogens is 1. The maximum Gasteiger partial charge on any atom is 0.342 e. The molecule has 0 fully saturated rings. The Bertz CT molecular complexity index is 1010. The Balaban J connectivity index is 2.90. The van der Waals surface area contributed by atoms with Crippen LogP contribution in [-0.4, -0.2) is 40.3 Å². The third-order valence-electron chi connectivity index (χ3n) is 3.62. The third-order valence-corrected chi connectivity index (χ3v) is 3.90. The van der Waals surface area contributed by atoms with Gasteiger partial charge in [0, 0.05) is 5.56 Å². The van der Waals surface area contributed by atoms with Crippen molar-refractivity contribution >= 4 is 29.4 Å². The van der Waals surface area contributed by atoms with Crippen molar-refractivity contribution in [3.05, 3.63) is 51.3 Å². The summed E-state index contributed by atoms with van der Waals surface area (Å²) in [6.07, 6.45) is 1.49. The van der Waals surface area contributed by atoms with Gasteiger partial charge in [-0.25, -0.2) is 9.59 Å². The number of ether oxygens (including phenoxy) is 2. The highest BCUT2D eigenvalue weighted by molar-refractivity contribution is 6.32. The van der Waals surface area contributed by atoms with E-state index in [1.807, 2.05) is 4.98 Å². The van der Waals surface area contributed by atoms with Gasteiger partial charge in [0.15, 0.2) is 11.5 Å². The van der Waals surface area contributed by atoms with Crippen molar-refractivity contribution in [2.45, 2.75) is 6.92 Å². The van der Waals surface area contributed by atoms with E-state index in [0.717, 1.165) is 0 Å². The predicted molar refractivity (Wildman–Crippen MR) is 103 cm³/mol. The van der Waals surface area contributed by atoms with Crippen molar-refractivity contribution < 1.29 is 29.3 Å². The summed E-state index contributed by atoms with van der Waals surface area (Å²) in [5.74, 6) is -3.33. The maximum absolute atomic E-state index is 12.1. The lowest BCUT2D eigenvalue weighted by molar-refractivity contribution is 0.0695. The van der Waals surface area contributed by atoms with Crippen LogP contribution in [0.2, 0.25) is 5.02 Å². The molecular formula is C18H17ClN2O7. The first-order chi connectivity index (χ1) is 13.2. The second-order valence-corrected chi connectivity index (χ2v) is 5.83. The largest absolute Gasteiger partial charge is 0.490 e. The fourth-order valence-electron chi connectivity index (χ4n) is 2.59. The van der Waals surface area contributed by atoms with Gasteiger partial charge in [-0.05, 0) is 24.6 Å². The Hall–Kier alpha value is -3.46. The number of carboxylic acid groups (broad SMARTS) is 2. The summed E-state index contributed by atoms with van der Waals surface area (Å²) in [6, 6.07) is 2.61. The van der Waals surface area contributed by atoms with E-state index < -0.39 is 34.4 Å². The first kappa shape index (κ1) is 20.8. The number of hydrogen-bond acceptors (Lipinski definition) is 6. The highest BCUT2D eigenvalue weighted by Crippen LogP contribution is 2.41. The fraction of sp³-hybridized carbons (Fsp3) is 0.167. The van der Waals surface area contributed by atoms with Gasteiger partial charge in [0.25, 0.3) is 5.56 Å². The molecule has 148 valence electrons. The lowest BCUT2D eigenvalue weighted by Gasteiger charge is -2.17. The van der Waals surface area contributed by atoms with Gasteiger partial charge < -0.3 is 30.4 Å². The number of anilines is 1.